The van der Waals surface area contributed by atoms with Crippen molar-refractivity contribution < 1.29 is 11.0 Å². The van der Waals surface area contributed by atoms with E-state index in [1.54, 1.807) is 7.11 Å². The summed E-state index contributed by atoms with van der Waals surface area (Å²) in [5.74, 6) is 0.736. The smallest absolute Gasteiger partial charge is 0.162 e. The van der Waals surface area contributed by atoms with E-state index < -0.39 is 0 Å². The minimum atomic E-state index is 0. The number of allylic oxidation sites excluding steroid dienone is 3. The molecule has 2 aromatic carbocycles. The fourth-order valence-electron chi connectivity index (χ4n) is 5.41. The van der Waals surface area contributed by atoms with Crippen LogP contribution >= 0.6 is 0 Å². The average molecular weight is 486 g/mol. The van der Waals surface area contributed by atoms with E-state index in [0.29, 0.717) is 24.5 Å². The van der Waals surface area contributed by atoms with E-state index in [-0.39, 0.29) is 7.21 Å². The van der Waals surface area contributed by atoms with Crippen LogP contribution in [0.15, 0.2) is 59.7 Å². The second-order valence-corrected chi connectivity index (χ2v) is 10.0. The Balaban J connectivity index is 0.00000481. The highest BCUT2D eigenvalue weighted by Crippen LogP contribution is 2.34. The number of rotatable bonds is 13. The summed E-state index contributed by atoms with van der Waals surface area (Å²) in [6, 6.07) is 16.5. The van der Waals surface area contributed by atoms with Crippen LogP contribution in [0.1, 0.15) is 112 Å². The number of ketones is 1. The largest absolute Gasteiger partial charge is 0.380 e. The van der Waals surface area contributed by atoms with Gasteiger partial charge >= 0.3 is 0 Å². The van der Waals surface area contributed by atoms with Gasteiger partial charge in [0.2, 0.25) is 0 Å². The molecule has 3 rings (SSSR count). The molecule has 0 heterocycles. The SMILES string of the molecule is CCCC(CCCCC(=O)c1ccc(CC)c(C2=C(C)C=C(COC)CC2)c1)c1ccc(C#N)cc1.[HH]. The van der Waals surface area contributed by atoms with Gasteiger partial charge in [0.15, 0.2) is 5.78 Å². The molecule has 0 spiro atoms. The minimum Gasteiger partial charge on any atom is -0.380 e. The van der Waals surface area contributed by atoms with E-state index in [1.165, 1.54) is 33.4 Å². The molecule has 1 aliphatic rings. The second-order valence-electron chi connectivity index (χ2n) is 10.0. The Morgan fingerprint density at radius 1 is 1.08 bits per heavy atom. The zero-order valence-electron chi connectivity index (χ0n) is 22.5. The molecule has 0 fully saturated rings. The number of ether oxygens (including phenoxy) is 1. The van der Waals surface area contributed by atoms with Crippen molar-refractivity contribution in [3.8, 4) is 6.07 Å². The fraction of sp³-hybridized carbons (Fsp3) is 0.455. The monoisotopic (exact) mass is 485 g/mol. The first-order chi connectivity index (χ1) is 17.5. The summed E-state index contributed by atoms with van der Waals surface area (Å²) < 4.78 is 5.33. The van der Waals surface area contributed by atoms with E-state index >= 15 is 0 Å². The number of unbranched alkanes of at least 4 members (excludes halogenated alkanes) is 1. The summed E-state index contributed by atoms with van der Waals surface area (Å²) in [7, 11) is 1.75. The van der Waals surface area contributed by atoms with Gasteiger partial charge in [-0.1, -0.05) is 57.0 Å². The number of carbonyl (C=O) groups excluding carboxylic acids is 1. The topological polar surface area (TPSA) is 50.1 Å². The number of carbonyl (C=O) groups is 1. The maximum Gasteiger partial charge on any atom is 0.162 e. The summed E-state index contributed by atoms with van der Waals surface area (Å²) in [6.07, 6.45) is 11.1. The van der Waals surface area contributed by atoms with Crippen molar-refractivity contribution in [3.63, 3.8) is 0 Å². The van der Waals surface area contributed by atoms with Gasteiger partial charge in [-0.05, 0) is 103 Å². The van der Waals surface area contributed by atoms with E-state index in [4.69, 9.17) is 10.00 Å². The van der Waals surface area contributed by atoms with Crippen LogP contribution in [-0.4, -0.2) is 19.5 Å². The fourth-order valence-corrected chi connectivity index (χ4v) is 5.41. The van der Waals surface area contributed by atoms with Gasteiger partial charge in [0.05, 0.1) is 18.2 Å². The molecule has 3 heteroatoms. The molecule has 0 aliphatic heterocycles. The molecule has 1 atom stereocenters. The van der Waals surface area contributed by atoms with Crippen LogP contribution < -0.4 is 0 Å². The Morgan fingerprint density at radius 2 is 1.86 bits per heavy atom. The van der Waals surface area contributed by atoms with E-state index in [0.717, 1.165) is 56.9 Å². The van der Waals surface area contributed by atoms with Gasteiger partial charge in [0.25, 0.3) is 0 Å². The molecule has 0 amide bonds. The normalized spacial score (nSPS) is 14.4. The predicted molar refractivity (Wildman–Crippen MR) is 151 cm³/mol. The van der Waals surface area contributed by atoms with Gasteiger partial charge in [-0.15, -0.1) is 0 Å². The molecule has 3 nitrogen and oxygen atoms in total. The first kappa shape index (κ1) is 27.6. The molecule has 1 unspecified atom stereocenters. The van der Waals surface area contributed by atoms with Crippen molar-refractivity contribution in [2.45, 2.75) is 84.5 Å². The zero-order valence-corrected chi connectivity index (χ0v) is 22.5. The highest BCUT2D eigenvalue weighted by molar-refractivity contribution is 5.97. The first-order valence-electron chi connectivity index (χ1n) is 13.5. The van der Waals surface area contributed by atoms with Crippen molar-refractivity contribution in [3.05, 3.63) is 87.5 Å². The Morgan fingerprint density at radius 3 is 2.50 bits per heavy atom. The molecule has 0 N–H and O–H groups in total. The third kappa shape index (κ3) is 7.28. The molecule has 0 saturated carbocycles. The number of benzene rings is 2. The summed E-state index contributed by atoms with van der Waals surface area (Å²) in [4.78, 5) is 13.1. The van der Waals surface area contributed by atoms with Gasteiger partial charge in [-0.2, -0.15) is 5.26 Å². The zero-order chi connectivity index (χ0) is 25.9. The van der Waals surface area contributed by atoms with Crippen molar-refractivity contribution >= 4 is 11.4 Å². The summed E-state index contributed by atoms with van der Waals surface area (Å²) >= 11 is 0. The lowest BCUT2D eigenvalue weighted by atomic mass is 9.85. The lowest BCUT2D eigenvalue weighted by Crippen LogP contribution is -2.06. The van der Waals surface area contributed by atoms with Crippen LogP contribution in [0.5, 0.6) is 0 Å². The summed E-state index contributed by atoms with van der Waals surface area (Å²) in [5, 5.41) is 9.06. The third-order valence-electron chi connectivity index (χ3n) is 7.42. The first-order valence-corrected chi connectivity index (χ1v) is 13.5. The molecule has 0 aromatic heterocycles. The Kier molecular flexibility index (Phi) is 10.7. The van der Waals surface area contributed by atoms with Crippen molar-refractivity contribution in [1.29, 1.82) is 5.26 Å². The molecule has 0 saturated heterocycles. The van der Waals surface area contributed by atoms with Crippen LogP contribution in [0.2, 0.25) is 0 Å². The van der Waals surface area contributed by atoms with Crippen LogP contribution in [0, 0.1) is 11.3 Å². The van der Waals surface area contributed by atoms with Crippen molar-refractivity contribution in [2.24, 2.45) is 0 Å². The maximum atomic E-state index is 13.1. The summed E-state index contributed by atoms with van der Waals surface area (Å²) in [6.45, 7) is 7.27. The van der Waals surface area contributed by atoms with Gasteiger partial charge in [-0.25, -0.2) is 0 Å². The Labute approximate surface area is 219 Å². The van der Waals surface area contributed by atoms with Crippen molar-refractivity contribution in [1.82, 2.24) is 0 Å². The molecular weight excluding hydrogens is 442 g/mol. The van der Waals surface area contributed by atoms with E-state index in [2.05, 4.69) is 57.2 Å². The molecular formula is C33H43NO2. The van der Waals surface area contributed by atoms with Crippen LogP contribution in [0.4, 0.5) is 0 Å². The number of hydrogen-bond acceptors (Lipinski definition) is 3. The maximum absolute atomic E-state index is 13.1. The molecule has 0 bridgehead atoms. The predicted octanol–water partition coefficient (Wildman–Crippen LogP) is 8.83. The molecule has 0 radical (unpaired) electrons. The van der Waals surface area contributed by atoms with Crippen LogP contribution in [-0.2, 0) is 11.2 Å². The molecule has 36 heavy (non-hydrogen) atoms. The van der Waals surface area contributed by atoms with E-state index in [1.807, 2.05) is 18.2 Å². The average Bonchev–Trinajstić information content (AvgIpc) is 2.90. The molecule has 192 valence electrons. The number of nitriles is 1. The highest BCUT2D eigenvalue weighted by atomic mass is 16.5. The standard InChI is InChI=1S/C33H41NO2.H2/c1-5-9-28(29-15-12-25(22-34)13-16-29)10-7-8-11-33(35)30-18-17-27(6-2)32(21-30)31-19-14-26(23-36-4)20-24(31)3;/h12-13,15-18,20-21,28H,5-11,14,19,23H2,1-4H3;1H. The quantitative estimate of drug-likeness (QED) is 0.210. The lowest BCUT2D eigenvalue weighted by molar-refractivity contribution is 0.0979. The van der Waals surface area contributed by atoms with E-state index in [9.17, 15) is 4.79 Å². The van der Waals surface area contributed by atoms with Gasteiger partial charge in [0, 0.05) is 20.5 Å². The summed E-state index contributed by atoms with van der Waals surface area (Å²) in [5.41, 5.74) is 9.41. The second kappa shape index (κ2) is 14.0. The van der Waals surface area contributed by atoms with Crippen LogP contribution in [0.25, 0.3) is 5.57 Å². The lowest BCUT2D eigenvalue weighted by Gasteiger charge is -2.21. The van der Waals surface area contributed by atoms with Crippen LogP contribution in [0.3, 0.4) is 0 Å². The van der Waals surface area contributed by atoms with Gasteiger partial charge in [-0.3, -0.25) is 4.79 Å². The molecule has 1 aliphatic carbocycles. The van der Waals surface area contributed by atoms with Gasteiger partial charge < -0.3 is 4.74 Å². The molecule has 2 aromatic rings. The Bertz CT molecular complexity index is 1140. The number of Topliss-reactive ketones (excluding diaryl/α,β-unsaturated/α-hetero) is 1. The number of hydrogen-bond donors (Lipinski definition) is 0. The number of aryl methyl sites for hydroxylation is 1. The number of methoxy groups -OCH3 is 1. The van der Waals surface area contributed by atoms with Gasteiger partial charge in [0.1, 0.15) is 0 Å². The Hall–Kier alpha value is -2.96. The highest BCUT2D eigenvalue weighted by Gasteiger charge is 2.17. The minimum absolute atomic E-state index is 0. The number of nitrogens with zero attached hydrogens (tertiary/aromatic N) is 1. The third-order valence-corrected chi connectivity index (χ3v) is 7.42. The van der Waals surface area contributed by atoms with Crippen molar-refractivity contribution in [2.75, 3.05) is 13.7 Å².